The lowest BCUT2D eigenvalue weighted by Gasteiger charge is -2.18. The molecule has 0 aliphatic carbocycles. The Bertz CT molecular complexity index is 864. The average molecular weight is 354 g/mol. The molecule has 3 rings (SSSR count). The van der Waals surface area contributed by atoms with Crippen LogP contribution in [0.25, 0.3) is 17.4 Å². The second kappa shape index (κ2) is 6.29. The minimum atomic E-state index is -0.541. The van der Waals surface area contributed by atoms with Crippen molar-refractivity contribution in [1.82, 2.24) is 10.6 Å². The molecule has 0 saturated carbocycles. The fraction of sp³-hybridized carbons (Fsp3) is 0.211. The Morgan fingerprint density at radius 3 is 2.12 bits per heavy atom. The molecule has 1 saturated heterocycles. The zero-order valence-corrected chi connectivity index (χ0v) is 15.0. The first-order valence-electron chi connectivity index (χ1n) is 7.83. The van der Waals surface area contributed by atoms with Gasteiger partial charge in [-0.25, -0.2) is 0 Å². The summed E-state index contributed by atoms with van der Waals surface area (Å²) in [5, 5.41) is 4.78. The number of nitrogens with one attached hydrogen (secondary N) is 2. The maximum absolute atomic E-state index is 11.9. The average Bonchev–Trinajstić information content (AvgIpc) is 2.99. The summed E-state index contributed by atoms with van der Waals surface area (Å²) in [5.74, 6) is 0.00457. The van der Waals surface area contributed by atoms with Crippen LogP contribution in [0.3, 0.4) is 0 Å². The van der Waals surface area contributed by atoms with Crippen LogP contribution < -0.4 is 10.6 Å². The quantitative estimate of drug-likeness (QED) is 0.494. The van der Waals surface area contributed by atoms with Crippen molar-refractivity contribution in [2.45, 2.75) is 26.2 Å². The largest absolute Gasteiger partial charge is 0.457 e. The van der Waals surface area contributed by atoms with Crippen molar-refractivity contribution in [2.24, 2.45) is 0 Å². The predicted molar refractivity (Wildman–Crippen MR) is 99.7 cm³/mol. The molecule has 0 radical (unpaired) electrons. The van der Waals surface area contributed by atoms with E-state index in [9.17, 15) is 9.59 Å². The summed E-state index contributed by atoms with van der Waals surface area (Å²) in [6, 6.07) is 11.6. The molecule has 1 aromatic heterocycles. The zero-order chi connectivity index (χ0) is 18.2. The number of carbonyl (C=O) groups is 2. The van der Waals surface area contributed by atoms with E-state index < -0.39 is 11.8 Å². The molecule has 2 heterocycles. The van der Waals surface area contributed by atoms with E-state index in [-0.39, 0.29) is 16.1 Å². The fourth-order valence-corrected chi connectivity index (χ4v) is 2.65. The van der Waals surface area contributed by atoms with Crippen molar-refractivity contribution < 1.29 is 14.0 Å². The Balaban J connectivity index is 1.85. The van der Waals surface area contributed by atoms with Crippen LogP contribution in [0.5, 0.6) is 0 Å². The minimum Gasteiger partial charge on any atom is -0.457 e. The minimum absolute atomic E-state index is 0.00576. The molecule has 25 heavy (non-hydrogen) atoms. The van der Waals surface area contributed by atoms with Gasteiger partial charge < -0.3 is 4.42 Å². The molecule has 0 unspecified atom stereocenters. The summed E-state index contributed by atoms with van der Waals surface area (Å²) in [6.45, 7) is 6.47. The monoisotopic (exact) mass is 354 g/mol. The molecule has 2 N–H and O–H groups in total. The highest BCUT2D eigenvalue weighted by atomic mass is 32.1. The third-order valence-electron chi connectivity index (χ3n) is 3.89. The summed E-state index contributed by atoms with van der Waals surface area (Å²) < 4.78 is 5.75. The lowest BCUT2D eigenvalue weighted by atomic mass is 9.86. The van der Waals surface area contributed by atoms with E-state index in [0.29, 0.717) is 11.5 Å². The lowest BCUT2D eigenvalue weighted by Crippen LogP contribution is -2.51. The van der Waals surface area contributed by atoms with Crippen LogP contribution in [-0.2, 0) is 15.0 Å². The van der Waals surface area contributed by atoms with Crippen LogP contribution in [0.1, 0.15) is 32.1 Å². The first kappa shape index (κ1) is 17.1. The first-order valence-corrected chi connectivity index (χ1v) is 8.24. The Morgan fingerprint density at radius 1 is 0.960 bits per heavy atom. The molecule has 0 atom stereocenters. The Labute approximate surface area is 151 Å². The maximum Gasteiger partial charge on any atom is 0.263 e. The molecule has 0 spiro atoms. The summed E-state index contributed by atoms with van der Waals surface area (Å²) >= 11 is 4.77. The Morgan fingerprint density at radius 2 is 1.56 bits per heavy atom. The molecular weight excluding hydrogens is 336 g/mol. The molecule has 128 valence electrons. The van der Waals surface area contributed by atoms with Crippen LogP contribution in [0.2, 0.25) is 0 Å². The van der Waals surface area contributed by atoms with Crippen LogP contribution >= 0.6 is 12.2 Å². The van der Waals surface area contributed by atoms with E-state index in [0.717, 1.165) is 5.56 Å². The molecule has 1 aromatic carbocycles. The smallest absolute Gasteiger partial charge is 0.263 e. The third kappa shape index (κ3) is 3.69. The van der Waals surface area contributed by atoms with Gasteiger partial charge in [0, 0.05) is 5.56 Å². The number of hydrogen-bond acceptors (Lipinski definition) is 4. The number of amides is 2. The summed E-state index contributed by atoms with van der Waals surface area (Å²) in [6.07, 6.45) is 1.40. The maximum atomic E-state index is 11.9. The van der Waals surface area contributed by atoms with Crippen molar-refractivity contribution in [3.8, 4) is 11.3 Å². The molecule has 1 aliphatic rings. The van der Waals surface area contributed by atoms with E-state index in [1.165, 1.54) is 11.6 Å². The van der Waals surface area contributed by atoms with Crippen molar-refractivity contribution in [1.29, 1.82) is 0 Å². The second-order valence-electron chi connectivity index (χ2n) is 6.82. The number of carbonyl (C=O) groups excluding carboxylic acids is 2. The van der Waals surface area contributed by atoms with Gasteiger partial charge in [-0.2, -0.15) is 0 Å². The van der Waals surface area contributed by atoms with Crippen LogP contribution in [-0.4, -0.2) is 16.9 Å². The molecule has 1 aliphatic heterocycles. The topological polar surface area (TPSA) is 71.3 Å². The van der Waals surface area contributed by atoms with Gasteiger partial charge in [0.25, 0.3) is 11.8 Å². The molecule has 2 aromatic rings. The van der Waals surface area contributed by atoms with E-state index in [4.69, 9.17) is 16.6 Å². The molecule has 0 bridgehead atoms. The zero-order valence-electron chi connectivity index (χ0n) is 14.2. The fourth-order valence-electron chi connectivity index (χ4n) is 2.47. The molecular formula is C19H18N2O3S. The van der Waals surface area contributed by atoms with Gasteiger partial charge in [-0.05, 0) is 41.4 Å². The van der Waals surface area contributed by atoms with Gasteiger partial charge in [0.2, 0.25) is 0 Å². The normalized spacial score (nSPS) is 15.0. The van der Waals surface area contributed by atoms with E-state index in [1.54, 1.807) is 6.07 Å². The van der Waals surface area contributed by atoms with Crippen LogP contribution in [0, 0.1) is 0 Å². The van der Waals surface area contributed by atoms with Gasteiger partial charge in [0.1, 0.15) is 17.1 Å². The van der Waals surface area contributed by atoms with Crippen molar-refractivity contribution >= 4 is 35.2 Å². The Hall–Kier alpha value is -2.73. The van der Waals surface area contributed by atoms with Gasteiger partial charge in [-0.1, -0.05) is 45.0 Å². The summed E-state index contributed by atoms with van der Waals surface area (Å²) in [7, 11) is 0. The summed E-state index contributed by atoms with van der Waals surface area (Å²) in [4.78, 5) is 23.7. The van der Waals surface area contributed by atoms with E-state index >= 15 is 0 Å². The lowest BCUT2D eigenvalue weighted by molar-refractivity contribution is -0.123. The van der Waals surface area contributed by atoms with Crippen molar-refractivity contribution in [3.63, 3.8) is 0 Å². The Kier molecular flexibility index (Phi) is 4.30. The van der Waals surface area contributed by atoms with Gasteiger partial charge in [-0.15, -0.1) is 0 Å². The number of furan rings is 1. The molecule has 1 fully saturated rings. The van der Waals surface area contributed by atoms with E-state index in [1.807, 2.05) is 18.2 Å². The predicted octanol–water partition coefficient (Wildman–Crippen LogP) is 3.16. The highest BCUT2D eigenvalue weighted by Gasteiger charge is 2.26. The number of rotatable bonds is 2. The van der Waals surface area contributed by atoms with Crippen molar-refractivity contribution in [2.75, 3.05) is 0 Å². The highest BCUT2D eigenvalue weighted by molar-refractivity contribution is 7.80. The number of thiocarbonyl (C=S) groups is 1. The number of benzene rings is 1. The first-order chi connectivity index (χ1) is 11.7. The van der Waals surface area contributed by atoms with Crippen LogP contribution in [0.4, 0.5) is 0 Å². The molecule has 5 nitrogen and oxygen atoms in total. The van der Waals surface area contributed by atoms with Gasteiger partial charge in [0.15, 0.2) is 5.11 Å². The molecule has 2 amide bonds. The SMILES string of the molecule is CC(C)(C)c1ccc(-c2ccc(C=C3C(=O)NC(=S)NC3=O)o2)cc1. The second-order valence-corrected chi connectivity index (χ2v) is 7.23. The highest BCUT2D eigenvalue weighted by Crippen LogP contribution is 2.27. The molecule has 6 heteroatoms. The van der Waals surface area contributed by atoms with Gasteiger partial charge in [-0.3, -0.25) is 20.2 Å². The summed E-state index contributed by atoms with van der Waals surface area (Å²) in [5.41, 5.74) is 2.20. The number of hydrogen-bond donors (Lipinski definition) is 2. The third-order valence-corrected chi connectivity index (χ3v) is 4.10. The van der Waals surface area contributed by atoms with Gasteiger partial charge >= 0.3 is 0 Å². The van der Waals surface area contributed by atoms with Gasteiger partial charge in [0.05, 0.1) is 0 Å². The standard InChI is InChI=1S/C19H18N2O3S/c1-19(2,3)12-6-4-11(5-7-12)15-9-8-13(24-15)10-14-16(22)20-18(25)21-17(14)23/h4-10H,1-3H3,(H2,20,21,22,23,25). The van der Waals surface area contributed by atoms with Crippen LogP contribution in [0.15, 0.2) is 46.4 Å². The van der Waals surface area contributed by atoms with E-state index in [2.05, 4.69) is 43.5 Å². The van der Waals surface area contributed by atoms with Crippen molar-refractivity contribution in [3.05, 3.63) is 53.3 Å².